The van der Waals surface area contributed by atoms with Crippen molar-refractivity contribution in [1.82, 2.24) is 0 Å². The summed E-state index contributed by atoms with van der Waals surface area (Å²) in [6, 6.07) is 13.7. The summed E-state index contributed by atoms with van der Waals surface area (Å²) in [4.78, 5) is 11.5. The molecular formula is C18H16O3. The molecule has 4 rings (SSSR count). The van der Waals surface area contributed by atoms with Crippen LogP contribution in [-0.4, -0.2) is 11.6 Å². The van der Waals surface area contributed by atoms with Crippen LogP contribution < -0.4 is 9.47 Å². The number of rotatable bonds is 1. The van der Waals surface area contributed by atoms with E-state index in [1.54, 1.807) is 6.92 Å². The Morgan fingerprint density at radius 1 is 1.05 bits per heavy atom. The number of ether oxygens (including phenoxy) is 2. The quantitative estimate of drug-likeness (QED) is 0.749. The third-order valence-electron chi connectivity index (χ3n) is 4.27. The van der Waals surface area contributed by atoms with Crippen LogP contribution in [0.25, 0.3) is 0 Å². The molecule has 0 saturated carbocycles. The highest BCUT2D eigenvalue weighted by molar-refractivity contribution is 5.94. The molecule has 2 aromatic carbocycles. The molecule has 2 aromatic rings. The second-order valence-electron chi connectivity index (χ2n) is 5.78. The van der Waals surface area contributed by atoms with Gasteiger partial charge in [-0.15, -0.1) is 0 Å². The van der Waals surface area contributed by atoms with Crippen molar-refractivity contribution in [3.8, 4) is 11.5 Å². The van der Waals surface area contributed by atoms with Crippen LogP contribution in [0.4, 0.5) is 0 Å². The Morgan fingerprint density at radius 3 is 2.62 bits per heavy atom. The van der Waals surface area contributed by atoms with Gasteiger partial charge in [0.15, 0.2) is 5.78 Å². The third-order valence-corrected chi connectivity index (χ3v) is 4.27. The highest BCUT2D eigenvalue weighted by atomic mass is 16.7. The molecule has 3 nitrogen and oxygen atoms in total. The van der Waals surface area contributed by atoms with E-state index in [0.717, 1.165) is 35.5 Å². The van der Waals surface area contributed by atoms with Gasteiger partial charge in [0.1, 0.15) is 11.5 Å². The molecule has 106 valence electrons. The van der Waals surface area contributed by atoms with E-state index in [1.165, 1.54) is 5.56 Å². The van der Waals surface area contributed by atoms with E-state index in [-0.39, 0.29) is 5.78 Å². The molecule has 1 spiro atoms. The molecule has 1 unspecified atom stereocenters. The van der Waals surface area contributed by atoms with Gasteiger partial charge in [0.2, 0.25) is 0 Å². The average molecular weight is 280 g/mol. The zero-order chi connectivity index (χ0) is 14.4. The number of hydrogen-bond donors (Lipinski definition) is 0. The van der Waals surface area contributed by atoms with Gasteiger partial charge in [-0.3, -0.25) is 4.79 Å². The standard InChI is InChI=1S/C18H16O3/c1-12(19)14-6-7-17-15(10-14)11-18(21-17)9-8-13-4-2-3-5-16(13)20-18/h2-7,10H,8-9,11H2,1H3. The second-order valence-corrected chi connectivity index (χ2v) is 5.78. The van der Waals surface area contributed by atoms with Crippen molar-refractivity contribution in [2.24, 2.45) is 0 Å². The van der Waals surface area contributed by atoms with Crippen LogP contribution in [0, 0.1) is 0 Å². The maximum Gasteiger partial charge on any atom is 0.255 e. The van der Waals surface area contributed by atoms with Crippen LogP contribution in [0.15, 0.2) is 42.5 Å². The molecule has 0 radical (unpaired) electrons. The van der Waals surface area contributed by atoms with Gasteiger partial charge in [-0.1, -0.05) is 18.2 Å². The van der Waals surface area contributed by atoms with E-state index in [1.807, 2.05) is 36.4 Å². The predicted octanol–water partition coefficient (Wildman–Crippen LogP) is 3.55. The van der Waals surface area contributed by atoms with Gasteiger partial charge in [-0.25, -0.2) is 0 Å². The van der Waals surface area contributed by atoms with Crippen molar-refractivity contribution < 1.29 is 14.3 Å². The Bertz CT molecular complexity index is 735. The number of aryl methyl sites for hydroxylation is 1. The Balaban J connectivity index is 1.66. The topological polar surface area (TPSA) is 35.5 Å². The lowest BCUT2D eigenvalue weighted by molar-refractivity contribution is -0.111. The first-order valence-electron chi connectivity index (χ1n) is 7.25. The SMILES string of the molecule is CC(=O)c1ccc2c(c1)CC1(CCc3ccccc3O1)O2. The molecule has 1 atom stereocenters. The molecular weight excluding hydrogens is 264 g/mol. The smallest absolute Gasteiger partial charge is 0.255 e. The lowest BCUT2D eigenvalue weighted by Gasteiger charge is -2.34. The van der Waals surface area contributed by atoms with E-state index in [9.17, 15) is 4.79 Å². The Morgan fingerprint density at radius 2 is 1.81 bits per heavy atom. The first-order valence-corrected chi connectivity index (χ1v) is 7.25. The zero-order valence-electron chi connectivity index (χ0n) is 11.9. The molecule has 0 aliphatic carbocycles. The summed E-state index contributed by atoms with van der Waals surface area (Å²) in [6.45, 7) is 1.58. The van der Waals surface area contributed by atoms with E-state index in [4.69, 9.17) is 9.47 Å². The van der Waals surface area contributed by atoms with E-state index < -0.39 is 5.79 Å². The van der Waals surface area contributed by atoms with Gasteiger partial charge >= 0.3 is 0 Å². The van der Waals surface area contributed by atoms with Crippen LogP contribution in [0.3, 0.4) is 0 Å². The predicted molar refractivity (Wildman–Crippen MR) is 78.9 cm³/mol. The van der Waals surface area contributed by atoms with Crippen molar-refractivity contribution in [2.45, 2.75) is 32.0 Å². The van der Waals surface area contributed by atoms with Crippen molar-refractivity contribution in [1.29, 1.82) is 0 Å². The molecule has 0 amide bonds. The van der Waals surface area contributed by atoms with Crippen molar-refractivity contribution in [2.75, 3.05) is 0 Å². The fourth-order valence-electron chi connectivity index (χ4n) is 3.15. The van der Waals surface area contributed by atoms with Crippen molar-refractivity contribution >= 4 is 5.78 Å². The number of hydrogen-bond acceptors (Lipinski definition) is 3. The molecule has 0 fully saturated rings. The summed E-state index contributed by atoms with van der Waals surface area (Å²) in [6.07, 6.45) is 2.47. The average Bonchev–Trinajstić information content (AvgIpc) is 2.83. The van der Waals surface area contributed by atoms with Crippen molar-refractivity contribution in [3.05, 3.63) is 59.2 Å². The molecule has 0 saturated heterocycles. The highest BCUT2D eigenvalue weighted by Gasteiger charge is 2.44. The number of carbonyl (C=O) groups excluding carboxylic acids is 1. The zero-order valence-corrected chi connectivity index (χ0v) is 11.9. The lowest BCUT2D eigenvalue weighted by Crippen LogP contribution is -2.43. The van der Waals surface area contributed by atoms with E-state index in [0.29, 0.717) is 6.42 Å². The number of fused-ring (bicyclic) bond motifs is 2. The first-order chi connectivity index (χ1) is 10.2. The van der Waals surface area contributed by atoms with Gasteiger partial charge in [-0.2, -0.15) is 0 Å². The third kappa shape index (κ3) is 2.00. The maximum atomic E-state index is 11.5. The molecule has 0 bridgehead atoms. The number of ketones is 1. The molecule has 3 heteroatoms. The normalized spacial score (nSPS) is 22.1. The van der Waals surface area contributed by atoms with Crippen LogP contribution in [0.1, 0.15) is 34.8 Å². The van der Waals surface area contributed by atoms with Gasteiger partial charge in [0.25, 0.3) is 5.79 Å². The fourth-order valence-corrected chi connectivity index (χ4v) is 3.15. The monoisotopic (exact) mass is 280 g/mol. The second kappa shape index (κ2) is 4.35. The van der Waals surface area contributed by atoms with Crippen molar-refractivity contribution in [3.63, 3.8) is 0 Å². The summed E-state index contributed by atoms with van der Waals surface area (Å²) in [7, 11) is 0. The fraction of sp³-hybridized carbons (Fsp3) is 0.278. The van der Waals surface area contributed by atoms with Gasteiger partial charge in [0.05, 0.1) is 6.42 Å². The van der Waals surface area contributed by atoms with Crippen LogP contribution in [0.2, 0.25) is 0 Å². The summed E-state index contributed by atoms with van der Waals surface area (Å²) in [5, 5.41) is 0. The number of benzene rings is 2. The molecule has 0 N–H and O–H groups in total. The number of Topliss-reactive ketones (excluding diaryl/α,β-unsaturated/α-hetero) is 1. The van der Waals surface area contributed by atoms with Gasteiger partial charge in [-0.05, 0) is 43.2 Å². The molecule has 21 heavy (non-hydrogen) atoms. The van der Waals surface area contributed by atoms with Gasteiger partial charge < -0.3 is 9.47 Å². The number of para-hydroxylation sites is 1. The minimum absolute atomic E-state index is 0.0775. The van der Waals surface area contributed by atoms with Gasteiger partial charge in [0, 0.05) is 17.5 Å². The first kappa shape index (κ1) is 12.5. The maximum absolute atomic E-state index is 11.5. The Hall–Kier alpha value is -2.29. The highest BCUT2D eigenvalue weighted by Crippen LogP contribution is 2.43. The summed E-state index contributed by atoms with van der Waals surface area (Å²) < 4.78 is 12.2. The minimum Gasteiger partial charge on any atom is -0.452 e. The van der Waals surface area contributed by atoms with Crippen LogP contribution >= 0.6 is 0 Å². The molecule has 0 aromatic heterocycles. The Labute approximate surface area is 123 Å². The largest absolute Gasteiger partial charge is 0.452 e. The molecule has 2 aliphatic rings. The lowest BCUT2D eigenvalue weighted by atomic mass is 9.95. The molecule has 2 heterocycles. The summed E-state index contributed by atoms with van der Waals surface area (Å²) in [5.74, 6) is 1.21. The van der Waals surface area contributed by atoms with Crippen LogP contribution in [-0.2, 0) is 12.8 Å². The van der Waals surface area contributed by atoms with Crippen LogP contribution in [0.5, 0.6) is 11.5 Å². The summed E-state index contributed by atoms with van der Waals surface area (Å²) in [5.41, 5.74) is 3.01. The minimum atomic E-state index is -0.605. The number of carbonyl (C=O) groups is 1. The van der Waals surface area contributed by atoms with E-state index in [2.05, 4.69) is 6.07 Å². The Kier molecular flexibility index (Phi) is 2.58. The van der Waals surface area contributed by atoms with E-state index >= 15 is 0 Å². The summed E-state index contributed by atoms with van der Waals surface area (Å²) >= 11 is 0. The molecule has 2 aliphatic heterocycles.